The van der Waals surface area contributed by atoms with E-state index in [9.17, 15) is 4.79 Å². The van der Waals surface area contributed by atoms with E-state index in [0.29, 0.717) is 22.8 Å². The van der Waals surface area contributed by atoms with Crippen LogP contribution in [0.4, 0.5) is 0 Å². The number of aryl methyl sites for hydroxylation is 3. The second kappa shape index (κ2) is 8.71. The van der Waals surface area contributed by atoms with Gasteiger partial charge in [-0.15, -0.1) is 0 Å². The topological polar surface area (TPSA) is 57.9 Å². The Bertz CT molecular complexity index is 1430. The Morgan fingerprint density at radius 2 is 1.62 bits per heavy atom. The fourth-order valence-electron chi connectivity index (χ4n) is 4.55. The van der Waals surface area contributed by atoms with Crippen LogP contribution in [0.3, 0.4) is 0 Å². The van der Waals surface area contributed by atoms with E-state index in [1.165, 1.54) is 5.56 Å². The molecule has 1 aromatic heterocycles. The largest absolute Gasteiger partial charge is 0.493 e. The number of hydrogen-bond acceptors (Lipinski definition) is 5. The summed E-state index contributed by atoms with van der Waals surface area (Å²) in [7, 11) is 4.87. The van der Waals surface area contributed by atoms with Gasteiger partial charge in [0.1, 0.15) is 0 Å². The fourth-order valence-corrected chi connectivity index (χ4v) is 4.55. The first-order chi connectivity index (χ1) is 16.5. The minimum Gasteiger partial charge on any atom is -0.493 e. The Morgan fingerprint density at radius 3 is 2.35 bits per heavy atom. The number of ether oxygens (including phenoxy) is 4. The van der Waals surface area contributed by atoms with Crippen molar-refractivity contribution in [3.05, 3.63) is 77.5 Å². The Hall–Kier alpha value is -4.06. The molecule has 0 saturated heterocycles. The van der Waals surface area contributed by atoms with Crippen molar-refractivity contribution in [2.45, 2.75) is 19.9 Å². The minimum atomic E-state index is -0.409. The predicted octanol–water partition coefficient (Wildman–Crippen LogP) is 4.90. The van der Waals surface area contributed by atoms with Crippen LogP contribution in [0, 0.1) is 6.92 Å². The molecule has 2 heterocycles. The van der Waals surface area contributed by atoms with Gasteiger partial charge in [0.05, 0.1) is 37.8 Å². The van der Waals surface area contributed by atoms with Gasteiger partial charge < -0.3 is 18.9 Å². The molecule has 0 fully saturated rings. The molecule has 0 atom stereocenters. The summed E-state index contributed by atoms with van der Waals surface area (Å²) in [6.07, 6.45) is 2.88. The zero-order chi connectivity index (χ0) is 23.8. The third-order valence-electron chi connectivity index (χ3n) is 6.37. The molecule has 5 rings (SSSR count). The van der Waals surface area contributed by atoms with Crippen LogP contribution in [0.15, 0.2) is 60.8 Å². The maximum atomic E-state index is 13.0. The monoisotopic (exact) mass is 456 g/mol. The zero-order valence-electron chi connectivity index (χ0n) is 19.7. The SMILES string of the molecule is COc1cc2c(cc1OC)-c1cc3ccc(OC)c(OC(=O)c4ccccc4C)c3c[n+]1CC2. The summed E-state index contributed by atoms with van der Waals surface area (Å²) in [5.74, 6) is 1.94. The number of rotatable bonds is 5. The molecule has 0 unspecified atom stereocenters. The first-order valence-electron chi connectivity index (χ1n) is 11.1. The van der Waals surface area contributed by atoms with Crippen LogP contribution in [-0.2, 0) is 13.0 Å². The van der Waals surface area contributed by atoms with Crippen LogP contribution in [0.5, 0.6) is 23.0 Å². The number of benzene rings is 3. The van der Waals surface area contributed by atoms with E-state index in [2.05, 4.69) is 10.6 Å². The minimum absolute atomic E-state index is 0.409. The number of carbonyl (C=O) groups excluding carboxylic acids is 1. The van der Waals surface area contributed by atoms with E-state index in [1.54, 1.807) is 27.4 Å². The molecule has 1 aliphatic heterocycles. The molecular formula is C28H26NO5+. The standard InChI is InChI=1S/C28H26NO5/c1-17-7-5-6-8-20(17)28(30)34-27-22-16-29-12-11-19-14-25(32-3)26(33-4)15-21(19)23(29)13-18(22)9-10-24(27)31-2/h5-10,13-16H,11-12H2,1-4H3/q+1. The highest BCUT2D eigenvalue weighted by atomic mass is 16.6. The number of hydrogen-bond donors (Lipinski definition) is 0. The van der Waals surface area contributed by atoms with Crippen LogP contribution in [0.2, 0.25) is 0 Å². The zero-order valence-corrected chi connectivity index (χ0v) is 19.7. The van der Waals surface area contributed by atoms with Crippen LogP contribution < -0.4 is 23.5 Å². The van der Waals surface area contributed by atoms with Crippen LogP contribution in [-0.4, -0.2) is 27.3 Å². The Morgan fingerprint density at radius 1 is 0.882 bits per heavy atom. The maximum Gasteiger partial charge on any atom is 0.343 e. The molecule has 3 aromatic carbocycles. The Labute approximate surface area is 198 Å². The lowest BCUT2D eigenvalue weighted by Crippen LogP contribution is -2.40. The van der Waals surface area contributed by atoms with Gasteiger partial charge in [0.15, 0.2) is 35.7 Å². The van der Waals surface area contributed by atoms with Crippen molar-refractivity contribution in [1.29, 1.82) is 0 Å². The van der Waals surface area contributed by atoms with E-state index in [1.807, 2.05) is 55.6 Å². The lowest BCUT2D eigenvalue weighted by molar-refractivity contribution is -0.686. The van der Waals surface area contributed by atoms with Crippen molar-refractivity contribution in [2.24, 2.45) is 0 Å². The van der Waals surface area contributed by atoms with E-state index >= 15 is 0 Å². The third-order valence-corrected chi connectivity index (χ3v) is 6.37. The highest BCUT2D eigenvalue weighted by Gasteiger charge is 2.28. The summed E-state index contributed by atoms with van der Waals surface area (Å²) in [5.41, 5.74) is 4.76. The second-order valence-electron chi connectivity index (χ2n) is 8.27. The molecule has 172 valence electrons. The lowest BCUT2D eigenvalue weighted by Gasteiger charge is -2.19. The number of nitrogens with zero attached hydrogens (tertiary/aromatic N) is 1. The molecular weight excluding hydrogens is 430 g/mol. The summed E-state index contributed by atoms with van der Waals surface area (Å²) >= 11 is 0. The summed E-state index contributed by atoms with van der Waals surface area (Å²) in [5, 5.41) is 1.76. The van der Waals surface area contributed by atoms with Gasteiger partial charge in [-0.25, -0.2) is 4.79 Å². The molecule has 0 radical (unpaired) electrons. The van der Waals surface area contributed by atoms with Crippen molar-refractivity contribution in [2.75, 3.05) is 21.3 Å². The molecule has 0 amide bonds. The number of pyridine rings is 1. The average Bonchev–Trinajstić information content (AvgIpc) is 2.87. The molecule has 0 bridgehead atoms. The van der Waals surface area contributed by atoms with Crippen LogP contribution >= 0.6 is 0 Å². The van der Waals surface area contributed by atoms with Gasteiger partial charge in [0, 0.05) is 12.5 Å². The van der Waals surface area contributed by atoms with Gasteiger partial charge in [0.25, 0.3) is 0 Å². The average molecular weight is 457 g/mol. The van der Waals surface area contributed by atoms with Crippen molar-refractivity contribution in [3.8, 4) is 34.3 Å². The van der Waals surface area contributed by atoms with Gasteiger partial charge in [0.2, 0.25) is 5.69 Å². The highest BCUT2D eigenvalue weighted by Crippen LogP contribution is 2.40. The van der Waals surface area contributed by atoms with Gasteiger partial charge >= 0.3 is 5.97 Å². The molecule has 0 saturated carbocycles. The lowest BCUT2D eigenvalue weighted by atomic mass is 9.95. The number of aromatic nitrogens is 1. The molecule has 0 spiro atoms. The summed E-state index contributed by atoms with van der Waals surface area (Å²) in [4.78, 5) is 13.0. The highest BCUT2D eigenvalue weighted by molar-refractivity contribution is 5.98. The normalized spacial score (nSPS) is 12.0. The first kappa shape index (κ1) is 21.8. The summed E-state index contributed by atoms with van der Waals surface area (Å²) < 4.78 is 24.7. The van der Waals surface area contributed by atoms with Gasteiger partial charge in [-0.05, 0) is 53.8 Å². The van der Waals surface area contributed by atoms with Crippen LogP contribution in [0.25, 0.3) is 22.0 Å². The fraction of sp³-hybridized carbons (Fsp3) is 0.214. The van der Waals surface area contributed by atoms with E-state index in [4.69, 9.17) is 18.9 Å². The van der Waals surface area contributed by atoms with Crippen molar-refractivity contribution in [1.82, 2.24) is 0 Å². The smallest absolute Gasteiger partial charge is 0.343 e. The molecule has 0 N–H and O–H groups in total. The van der Waals surface area contributed by atoms with Gasteiger partial charge in [-0.2, -0.15) is 4.57 Å². The Balaban J connectivity index is 1.64. The third kappa shape index (κ3) is 3.61. The van der Waals surface area contributed by atoms with Gasteiger partial charge in [-0.3, -0.25) is 0 Å². The van der Waals surface area contributed by atoms with Crippen molar-refractivity contribution >= 4 is 16.7 Å². The quantitative estimate of drug-likeness (QED) is 0.243. The molecule has 4 aromatic rings. The first-order valence-corrected chi connectivity index (χ1v) is 11.1. The number of methoxy groups -OCH3 is 3. The molecule has 6 nitrogen and oxygen atoms in total. The Kier molecular flexibility index (Phi) is 5.57. The molecule has 6 heteroatoms. The molecule has 0 aliphatic carbocycles. The number of carbonyl (C=O) groups is 1. The maximum absolute atomic E-state index is 13.0. The van der Waals surface area contributed by atoms with Crippen LogP contribution in [0.1, 0.15) is 21.5 Å². The summed E-state index contributed by atoms with van der Waals surface area (Å²) in [6.45, 7) is 2.68. The van der Waals surface area contributed by atoms with Crippen molar-refractivity contribution in [3.63, 3.8) is 0 Å². The predicted molar refractivity (Wildman–Crippen MR) is 129 cm³/mol. The van der Waals surface area contributed by atoms with Gasteiger partial charge in [-0.1, -0.05) is 18.2 Å². The molecule has 34 heavy (non-hydrogen) atoms. The molecule has 1 aliphatic rings. The number of fused-ring (bicyclic) bond motifs is 4. The summed E-state index contributed by atoms with van der Waals surface area (Å²) in [6, 6.07) is 17.4. The number of esters is 1. The van der Waals surface area contributed by atoms with E-state index < -0.39 is 5.97 Å². The van der Waals surface area contributed by atoms with Crippen molar-refractivity contribution < 1.29 is 28.3 Å². The van der Waals surface area contributed by atoms with E-state index in [-0.39, 0.29) is 0 Å². The second-order valence-corrected chi connectivity index (χ2v) is 8.27. The van der Waals surface area contributed by atoms with E-state index in [0.717, 1.165) is 46.3 Å².